The van der Waals surface area contributed by atoms with Crippen LogP contribution in [0.1, 0.15) is 6.92 Å². The number of amides is 1. The molecule has 0 aliphatic carbocycles. The summed E-state index contributed by atoms with van der Waals surface area (Å²) in [5, 5.41) is 9.86. The largest absolute Gasteiger partial charge is 0.477 e. The smallest absolute Gasteiger partial charge is 0.353 e. The number of carbonyl (C=O) groups excluding carboxylic acids is 1. The van der Waals surface area contributed by atoms with Crippen molar-refractivity contribution < 1.29 is 27.3 Å². The van der Waals surface area contributed by atoms with Crippen molar-refractivity contribution in [3.05, 3.63) is 11.1 Å². The number of rotatable bonds is 4. The van der Waals surface area contributed by atoms with Crippen molar-refractivity contribution in [2.24, 2.45) is 5.92 Å². The number of thioether (sulfide) groups is 1. The van der Waals surface area contributed by atoms with E-state index in [0.717, 1.165) is 11.2 Å². The fourth-order valence-electron chi connectivity index (χ4n) is 2.00. The first-order valence-corrected chi connectivity index (χ1v) is 7.78. The van der Waals surface area contributed by atoms with Crippen molar-refractivity contribution in [1.82, 2.24) is 4.90 Å². The number of aliphatic carboxylic acids is 1. The topological polar surface area (TPSA) is 101 Å². The Morgan fingerprint density at radius 1 is 1.61 bits per heavy atom. The SMILES string of the molecule is CC(OS(C)(=O)=O)C1C(=O)N2C(C(=O)O)=CS[C@H]12. The van der Waals surface area contributed by atoms with E-state index in [1.165, 1.54) is 24.1 Å². The molecule has 0 spiro atoms. The molecule has 2 rings (SSSR count). The molecule has 7 nitrogen and oxygen atoms in total. The van der Waals surface area contributed by atoms with Crippen LogP contribution in [-0.2, 0) is 23.9 Å². The van der Waals surface area contributed by atoms with E-state index in [0.29, 0.717) is 0 Å². The van der Waals surface area contributed by atoms with Crippen LogP contribution in [0.25, 0.3) is 0 Å². The maximum absolute atomic E-state index is 11.8. The van der Waals surface area contributed by atoms with Gasteiger partial charge in [0.05, 0.1) is 18.3 Å². The summed E-state index contributed by atoms with van der Waals surface area (Å²) in [5.74, 6) is -2.24. The van der Waals surface area contributed by atoms with Gasteiger partial charge in [-0.3, -0.25) is 13.9 Å². The molecule has 2 aliphatic rings. The summed E-state index contributed by atoms with van der Waals surface area (Å²) < 4.78 is 26.7. The lowest BCUT2D eigenvalue weighted by Crippen LogP contribution is -2.61. The van der Waals surface area contributed by atoms with Gasteiger partial charge in [-0.05, 0) is 6.92 Å². The van der Waals surface area contributed by atoms with Crippen LogP contribution in [-0.4, -0.2) is 48.0 Å². The summed E-state index contributed by atoms with van der Waals surface area (Å²) in [7, 11) is -3.64. The van der Waals surface area contributed by atoms with Crippen LogP contribution in [0.5, 0.6) is 0 Å². The number of hydrogen-bond acceptors (Lipinski definition) is 6. The van der Waals surface area contributed by atoms with Crippen molar-refractivity contribution in [3.63, 3.8) is 0 Å². The van der Waals surface area contributed by atoms with Gasteiger partial charge in [0.2, 0.25) is 5.91 Å². The van der Waals surface area contributed by atoms with Gasteiger partial charge in [-0.1, -0.05) is 0 Å². The van der Waals surface area contributed by atoms with E-state index in [2.05, 4.69) is 0 Å². The highest BCUT2D eigenvalue weighted by molar-refractivity contribution is 8.03. The minimum Gasteiger partial charge on any atom is -0.477 e. The van der Waals surface area contributed by atoms with Crippen molar-refractivity contribution in [2.45, 2.75) is 18.4 Å². The highest BCUT2D eigenvalue weighted by Crippen LogP contribution is 2.46. The average molecular weight is 293 g/mol. The third kappa shape index (κ3) is 2.13. The molecule has 0 radical (unpaired) electrons. The van der Waals surface area contributed by atoms with E-state index in [1.54, 1.807) is 0 Å². The zero-order valence-electron chi connectivity index (χ0n) is 9.56. The number of carbonyl (C=O) groups is 2. The predicted molar refractivity (Wildman–Crippen MR) is 62.8 cm³/mol. The molecule has 1 amide bonds. The molecular formula is C9H11NO6S2. The van der Waals surface area contributed by atoms with Crippen LogP contribution in [0.2, 0.25) is 0 Å². The van der Waals surface area contributed by atoms with Gasteiger partial charge in [0, 0.05) is 5.41 Å². The highest BCUT2D eigenvalue weighted by Gasteiger charge is 2.56. The lowest BCUT2D eigenvalue weighted by Gasteiger charge is -2.44. The summed E-state index contributed by atoms with van der Waals surface area (Å²) >= 11 is 1.18. The van der Waals surface area contributed by atoms with E-state index < -0.39 is 34.0 Å². The molecule has 1 fully saturated rings. The standard InChI is InChI=1S/C9H11NO6S2/c1-4(16-18(2,14)15)6-7(11)10-5(9(12)13)3-17-8(6)10/h3-4,6,8H,1-2H3,(H,12,13)/t4?,6?,8-/m1/s1. The Hall–Kier alpha value is -1.06. The maximum atomic E-state index is 11.8. The molecule has 18 heavy (non-hydrogen) atoms. The first kappa shape index (κ1) is 13.4. The average Bonchev–Trinajstić information content (AvgIpc) is 2.54. The van der Waals surface area contributed by atoms with E-state index in [4.69, 9.17) is 9.29 Å². The molecule has 1 saturated heterocycles. The van der Waals surface area contributed by atoms with Crippen molar-refractivity contribution >= 4 is 33.8 Å². The Labute approximate surface area is 108 Å². The molecule has 0 aromatic rings. The number of carboxylic acids is 1. The van der Waals surface area contributed by atoms with Gasteiger partial charge in [-0.2, -0.15) is 8.42 Å². The summed E-state index contributed by atoms with van der Waals surface area (Å²) in [6.45, 7) is 1.49. The summed E-state index contributed by atoms with van der Waals surface area (Å²) in [6.07, 6.45) is 0.107. The number of β-lactam (4-membered cyclic amide) rings is 1. The van der Waals surface area contributed by atoms with E-state index in [1.807, 2.05) is 0 Å². The van der Waals surface area contributed by atoms with Gasteiger partial charge in [-0.25, -0.2) is 4.79 Å². The summed E-state index contributed by atoms with van der Waals surface area (Å²) in [6, 6.07) is 0. The Balaban J connectivity index is 2.10. The van der Waals surface area contributed by atoms with E-state index in [-0.39, 0.29) is 11.1 Å². The van der Waals surface area contributed by atoms with Crippen LogP contribution in [0.3, 0.4) is 0 Å². The molecule has 100 valence electrons. The van der Waals surface area contributed by atoms with Crippen LogP contribution in [0, 0.1) is 5.92 Å². The first-order chi connectivity index (χ1) is 8.22. The maximum Gasteiger partial charge on any atom is 0.353 e. The zero-order valence-corrected chi connectivity index (χ0v) is 11.2. The number of fused-ring (bicyclic) bond motifs is 1. The van der Waals surface area contributed by atoms with Crippen LogP contribution >= 0.6 is 11.8 Å². The van der Waals surface area contributed by atoms with Gasteiger partial charge in [0.25, 0.3) is 10.1 Å². The highest BCUT2D eigenvalue weighted by atomic mass is 32.2. The van der Waals surface area contributed by atoms with Crippen LogP contribution in [0.15, 0.2) is 11.1 Å². The van der Waals surface area contributed by atoms with Crippen LogP contribution in [0.4, 0.5) is 0 Å². The lowest BCUT2D eigenvalue weighted by molar-refractivity contribution is -0.155. The van der Waals surface area contributed by atoms with Crippen molar-refractivity contribution in [3.8, 4) is 0 Å². The Bertz CT molecular complexity index is 539. The molecule has 0 aromatic carbocycles. The molecule has 0 saturated carbocycles. The molecule has 2 aliphatic heterocycles. The second-order valence-electron chi connectivity index (χ2n) is 4.07. The minimum absolute atomic E-state index is 0.0715. The second kappa shape index (κ2) is 4.25. The molecule has 1 N–H and O–H groups in total. The third-order valence-corrected chi connectivity index (χ3v) is 4.51. The van der Waals surface area contributed by atoms with E-state index in [9.17, 15) is 18.0 Å². The first-order valence-electron chi connectivity index (χ1n) is 5.02. The fourth-order valence-corrected chi connectivity index (χ4v) is 4.00. The molecule has 2 heterocycles. The van der Waals surface area contributed by atoms with Crippen molar-refractivity contribution in [1.29, 1.82) is 0 Å². The molecular weight excluding hydrogens is 282 g/mol. The molecule has 9 heteroatoms. The van der Waals surface area contributed by atoms with Gasteiger partial charge in [0.15, 0.2) is 0 Å². The zero-order chi connectivity index (χ0) is 13.7. The van der Waals surface area contributed by atoms with Gasteiger partial charge in [-0.15, -0.1) is 11.8 Å². The number of nitrogens with zero attached hydrogens (tertiary/aromatic N) is 1. The van der Waals surface area contributed by atoms with Gasteiger partial charge >= 0.3 is 5.97 Å². The number of hydrogen-bond donors (Lipinski definition) is 1. The number of carboxylic acid groups (broad SMARTS) is 1. The minimum atomic E-state index is -3.64. The molecule has 0 bridgehead atoms. The fraction of sp³-hybridized carbons (Fsp3) is 0.556. The van der Waals surface area contributed by atoms with Gasteiger partial charge in [0.1, 0.15) is 11.1 Å². The van der Waals surface area contributed by atoms with Crippen molar-refractivity contribution in [2.75, 3.05) is 6.26 Å². The van der Waals surface area contributed by atoms with E-state index >= 15 is 0 Å². The predicted octanol–water partition coefficient (Wildman–Crippen LogP) is -0.192. The second-order valence-corrected chi connectivity index (χ2v) is 6.67. The van der Waals surface area contributed by atoms with Crippen LogP contribution < -0.4 is 0 Å². The molecule has 2 unspecified atom stereocenters. The summed E-state index contributed by atoms with van der Waals surface area (Å²) in [4.78, 5) is 23.8. The quantitative estimate of drug-likeness (QED) is 0.566. The lowest BCUT2D eigenvalue weighted by atomic mass is 9.92. The monoisotopic (exact) mass is 293 g/mol. The Kier molecular flexibility index (Phi) is 3.16. The summed E-state index contributed by atoms with van der Waals surface area (Å²) in [5.41, 5.74) is -0.0715. The molecule has 0 aromatic heterocycles. The van der Waals surface area contributed by atoms with Gasteiger partial charge < -0.3 is 5.11 Å². The third-order valence-electron chi connectivity index (χ3n) is 2.71. The molecule has 3 atom stereocenters. The Morgan fingerprint density at radius 2 is 2.22 bits per heavy atom. The Morgan fingerprint density at radius 3 is 2.72 bits per heavy atom. The normalized spacial score (nSPS) is 28.4.